The molecule has 168 valence electrons. The maximum Gasteiger partial charge on any atom is 0.343 e. The first-order valence-electron chi connectivity index (χ1n) is 10.7. The second kappa shape index (κ2) is 10.6. The highest BCUT2D eigenvalue weighted by molar-refractivity contribution is 5.91. The highest BCUT2D eigenvalue weighted by Crippen LogP contribution is 2.17. The van der Waals surface area contributed by atoms with Crippen molar-refractivity contribution in [2.24, 2.45) is 0 Å². The molecule has 0 fully saturated rings. The molecule has 0 aliphatic carbocycles. The number of ether oxygens (including phenoxy) is 2. The Morgan fingerprint density at radius 1 is 0.543 bits per heavy atom. The molecule has 4 rings (SSSR count). The topological polar surface area (TPSA) is 100 Å². The fourth-order valence-corrected chi connectivity index (χ4v) is 3.28. The molecular weight excluding hydrogens is 440 g/mol. The smallest absolute Gasteiger partial charge is 0.343 e. The van der Waals surface area contributed by atoms with E-state index in [2.05, 4.69) is 0 Å². The van der Waals surface area contributed by atoms with Gasteiger partial charge in [0.25, 0.3) is 0 Å². The van der Waals surface area contributed by atoms with Gasteiger partial charge in [0.15, 0.2) is 0 Å². The lowest BCUT2D eigenvalue weighted by Crippen LogP contribution is -2.09. The predicted molar refractivity (Wildman–Crippen MR) is 128 cm³/mol. The van der Waals surface area contributed by atoms with Crippen LogP contribution in [0.2, 0.25) is 0 Å². The van der Waals surface area contributed by atoms with Gasteiger partial charge < -0.3 is 9.47 Å². The minimum atomic E-state index is -0.480. The molecule has 0 unspecified atom stereocenters. The fraction of sp³-hybridized carbons (Fsp3) is 0.0345. The van der Waals surface area contributed by atoms with E-state index < -0.39 is 11.9 Å². The highest BCUT2D eigenvalue weighted by atomic mass is 16.5. The van der Waals surface area contributed by atoms with Gasteiger partial charge in [-0.05, 0) is 90.3 Å². The van der Waals surface area contributed by atoms with Crippen LogP contribution in [0.25, 0.3) is 0 Å². The molecule has 0 saturated heterocycles. The Kier molecular flexibility index (Phi) is 6.97. The van der Waals surface area contributed by atoms with Gasteiger partial charge in [0.2, 0.25) is 0 Å². The van der Waals surface area contributed by atoms with Crippen LogP contribution in [-0.2, 0) is 6.42 Å². The first kappa shape index (κ1) is 23.0. The number of benzene rings is 4. The first-order valence-corrected chi connectivity index (χ1v) is 10.7. The Labute approximate surface area is 202 Å². The maximum absolute atomic E-state index is 12.4. The molecule has 0 aliphatic rings. The summed E-state index contributed by atoms with van der Waals surface area (Å²) in [6, 6.07) is 30.9. The maximum atomic E-state index is 12.4. The van der Waals surface area contributed by atoms with Crippen LogP contribution in [0, 0.1) is 22.7 Å². The number of hydrogen-bond donors (Lipinski definition) is 0. The van der Waals surface area contributed by atoms with Crippen molar-refractivity contribution < 1.29 is 19.1 Å². The number of nitriles is 2. The van der Waals surface area contributed by atoms with Crippen LogP contribution in [0.15, 0.2) is 97.1 Å². The molecule has 0 amide bonds. The van der Waals surface area contributed by atoms with Crippen LogP contribution in [-0.4, -0.2) is 11.9 Å². The number of carbonyl (C=O) groups is 2. The largest absolute Gasteiger partial charge is 0.423 e. The van der Waals surface area contributed by atoms with Crippen molar-refractivity contribution in [2.45, 2.75) is 6.42 Å². The van der Waals surface area contributed by atoms with E-state index in [1.165, 1.54) is 0 Å². The van der Waals surface area contributed by atoms with Crippen molar-refractivity contribution in [1.82, 2.24) is 0 Å². The average Bonchev–Trinajstić information content (AvgIpc) is 2.90. The predicted octanol–water partition coefficient (Wildman–Crippen LogP) is 5.46. The lowest BCUT2D eigenvalue weighted by atomic mass is 10.0. The van der Waals surface area contributed by atoms with Gasteiger partial charge in [-0.2, -0.15) is 10.5 Å². The van der Waals surface area contributed by atoms with Crippen LogP contribution >= 0.6 is 0 Å². The zero-order valence-electron chi connectivity index (χ0n) is 18.5. The van der Waals surface area contributed by atoms with Crippen LogP contribution < -0.4 is 9.47 Å². The van der Waals surface area contributed by atoms with E-state index in [0.29, 0.717) is 40.2 Å². The summed E-state index contributed by atoms with van der Waals surface area (Å²) in [7, 11) is 0. The number of carbonyl (C=O) groups excluding carboxylic acids is 2. The molecule has 6 nitrogen and oxygen atoms in total. The second-order valence-electron chi connectivity index (χ2n) is 7.62. The van der Waals surface area contributed by atoms with E-state index in [-0.39, 0.29) is 0 Å². The van der Waals surface area contributed by atoms with Crippen molar-refractivity contribution in [2.75, 3.05) is 0 Å². The average molecular weight is 458 g/mol. The van der Waals surface area contributed by atoms with Gasteiger partial charge in [-0.3, -0.25) is 0 Å². The van der Waals surface area contributed by atoms with E-state index in [1.54, 1.807) is 72.8 Å². The molecule has 0 radical (unpaired) electrons. The molecule has 0 atom stereocenters. The standard InChI is InChI=1S/C29H18N2O4/c30-18-22-5-13-26(14-6-22)34-28(32)24-9-1-20(2-10-24)17-21-3-11-25(12-4-21)29(33)35-27-15-7-23(19-31)8-16-27/h1-16H,17H2. The number of hydrogen-bond acceptors (Lipinski definition) is 6. The molecule has 0 N–H and O–H groups in total. The van der Waals surface area contributed by atoms with E-state index in [1.807, 2.05) is 36.4 Å². The quantitative estimate of drug-likeness (QED) is 0.281. The van der Waals surface area contributed by atoms with E-state index in [4.69, 9.17) is 20.0 Å². The Bertz CT molecular complexity index is 1310. The summed E-state index contributed by atoms with van der Waals surface area (Å²) in [5.41, 5.74) is 3.80. The summed E-state index contributed by atoms with van der Waals surface area (Å²) in [5.74, 6) is -0.218. The Balaban J connectivity index is 1.34. The number of rotatable bonds is 6. The minimum absolute atomic E-state index is 0.371. The summed E-state index contributed by atoms with van der Waals surface area (Å²) in [6.45, 7) is 0. The van der Waals surface area contributed by atoms with Crippen LogP contribution in [0.3, 0.4) is 0 Å². The molecule has 35 heavy (non-hydrogen) atoms. The van der Waals surface area contributed by atoms with Crippen molar-refractivity contribution in [3.63, 3.8) is 0 Å². The summed E-state index contributed by atoms with van der Waals surface area (Å²) in [4.78, 5) is 24.7. The van der Waals surface area contributed by atoms with Crippen molar-refractivity contribution in [3.05, 3.63) is 130 Å². The molecule has 0 aliphatic heterocycles. The third-order valence-electron chi connectivity index (χ3n) is 5.18. The number of nitrogens with zero attached hydrogens (tertiary/aromatic N) is 2. The number of esters is 2. The Hall–Kier alpha value is -5.20. The third kappa shape index (κ3) is 5.98. The molecule has 0 saturated carbocycles. The zero-order chi connectivity index (χ0) is 24.6. The highest BCUT2D eigenvalue weighted by Gasteiger charge is 2.11. The Morgan fingerprint density at radius 2 is 0.886 bits per heavy atom. The molecule has 0 heterocycles. The monoisotopic (exact) mass is 458 g/mol. The van der Waals surface area contributed by atoms with E-state index >= 15 is 0 Å². The summed E-state index contributed by atoms with van der Waals surface area (Å²) < 4.78 is 10.7. The zero-order valence-corrected chi connectivity index (χ0v) is 18.5. The van der Waals surface area contributed by atoms with Crippen molar-refractivity contribution >= 4 is 11.9 Å². The van der Waals surface area contributed by atoms with Crippen molar-refractivity contribution in [1.29, 1.82) is 10.5 Å². The minimum Gasteiger partial charge on any atom is -0.423 e. The lowest BCUT2D eigenvalue weighted by Gasteiger charge is -2.07. The van der Waals surface area contributed by atoms with E-state index in [0.717, 1.165) is 11.1 Å². The van der Waals surface area contributed by atoms with E-state index in [9.17, 15) is 9.59 Å². The van der Waals surface area contributed by atoms with Gasteiger partial charge in [0, 0.05) is 0 Å². The lowest BCUT2D eigenvalue weighted by molar-refractivity contribution is 0.0725. The van der Waals surface area contributed by atoms with Crippen molar-refractivity contribution in [3.8, 4) is 23.6 Å². The first-order chi connectivity index (χ1) is 17.0. The van der Waals surface area contributed by atoms with Crippen LogP contribution in [0.4, 0.5) is 0 Å². The second-order valence-corrected chi connectivity index (χ2v) is 7.62. The normalized spacial score (nSPS) is 10.0. The summed E-state index contributed by atoms with van der Waals surface area (Å²) in [5, 5.41) is 17.7. The molecule has 4 aromatic carbocycles. The van der Waals surface area contributed by atoms with Gasteiger partial charge >= 0.3 is 11.9 Å². The SMILES string of the molecule is N#Cc1ccc(OC(=O)c2ccc(Cc3ccc(C(=O)Oc4ccc(C#N)cc4)cc3)cc2)cc1. The summed E-state index contributed by atoms with van der Waals surface area (Å²) >= 11 is 0. The molecule has 0 aromatic heterocycles. The fourth-order valence-electron chi connectivity index (χ4n) is 3.28. The summed E-state index contributed by atoms with van der Waals surface area (Å²) in [6.07, 6.45) is 0.621. The van der Waals surface area contributed by atoms with Gasteiger partial charge in [-0.15, -0.1) is 0 Å². The van der Waals surface area contributed by atoms with Gasteiger partial charge in [-0.1, -0.05) is 24.3 Å². The Morgan fingerprint density at radius 3 is 1.20 bits per heavy atom. The van der Waals surface area contributed by atoms with Gasteiger partial charge in [-0.25, -0.2) is 9.59 Å². The van der Waals surface area contributed by atoms with Crippen LogP contribution in [0.1, 0.15) is 43.0 Å². The van der Waals surface area contributed by atoms with Gasteiger partial charge in [0.1, 0.15) is 11.5 Å². The van der Waals surface area contributed by atoms with Crippen LogP contribution in [0.5, 0.6) is 11.5 Å². The molecule has 0 spiro atoms. The van der Waals surface area contributed by atoms with Gasteiger partial charge in [0.05, 0.1) is 34.4 Å². The molecule has 4 aromatic rings. The third-order valence-corrected chi connectivity index (χ3v) is 5.18. The molecule has 0 bridgehead atoms. The molecular formula is C29H18N2O4. The molecule has 6 heteroatoms.